The Kier molecular flexibility index (Phi) is 3.01. The molecule has 0 saturated heterocycles. The largest absolute Gasteiger partial charge is 0.485 e. The van der Waals surface area contributed by atoms with Crippen molar-refractivity contribution in [2.24, 2.45) is 5.73 Å². The van der Waals surface area contributed by atoms with Gasteiger partial charge in [-0.1, -0.05) is 6.07 Å². The SMILES string of the molecule is N=C(N)COc1cccc([N+](=O)[O-])c1. The van der Waals surface area contributed by atoms with Gasteiger partial charge in [0.1, 0.15) is 18.2 Å². The molecule has 0 unspecified atom stereocenters. The fraction of sp³-hybridized carbons (Fsp3) is 0.125. The van der Waals surface area contributed by atoms with E-state index in [1.165, 1.54) is 18.2 Å². The van der Waals surface area contributed by atoms with Gasteiger partial charge in [0, 0.05) is 6.07 Å². The van der Waals surface area contributed by atoms with E-state index in [0.717, 1.165) is 0 Å². The van der Waals surface area contributed by atoms with E-state index >= 15 is 0 Å². The van der Waals surface area contributed by atoms with E-state index in [-0.39, 0.29) is 18.1 Å². The second-order valence-electron chi connectivity index (χ2n) is 2.57. The van der Waals surface area contributed by atoms with Gasteiger partial charge in [-0.15, -0.1) is 0 Å². The maximum atomic E-state index is 10.4. The van der Waals surface area contributed by atoms with Gasteiger partial charge >= 0.3 is 0 Å². The van der Waals surface area contributed by atoms with Crippen molar-refractivity contribution in [1.82, 2.24) is 0 Å². The summed E-state index contributed by atoms with van der Waals surface area (Å²) < 4.78 is 5.00. The highest BCUT2D eigenvalue weighted by atomic mass is 16.6. The quantitative estimate of drug-likeness (QED) is 0.322. The van der Waals surface area contributed by atoms with E-state index in [4.69, 9.17) is 15.9 Å². The van der Waals surface area contributed by atoms with Crippen LogP contribution in [0.1, 0.15) is 0 Å². The Morgan fingerprint density at radius 2 is 2.36 bits per heavy atom. The van der Waals surface area contributed by atoms with Crippen molar-refractivity contribution in [3.8, 4) is 5.75 Å². The Morgan fingerprint density at radius 3 is 2.93 bits per heavy atom. The van der Waals surface area contributed by atoms with E-state index in [2.05, 4.69) is 0 Å². The van der Waals surface area contributed by atoms with Crippen LogP contribution in [-0.4, -0.2) is 17.4 Å². The zero-order valence-electron chi connectivity index (χ0n) is 7.27. The molecule has 6 nitrogen and oxygen atoms in total. The number of rotatable bonds is 4. The highest BCUT2D eigenvalue weighted by Crippen LogP contribution is 2.18. The number of nitro groups is 1. The number of ether oxygens (including phenoxy) is 1. The molecule has 1 aromatic rings. The van der Waals surface area contributed by atoms with Crippen molar-refractivity contribution in [2.45, 2.75) is 0 Å². The van der Waals surface area contributed by atoms with Crippen LogP contribution in [0, 0.1) is 15.5 Å². The number of nitrogens with one attached hydrogen (secondary N) is 1. The molecule has 0 fully saturated rings. The standard InChI is InChI=1S/C8H9N3O3/c9-8(10)5-14-7-3-1-2-6(4-7)11(12)13/h1-4H,5H2,(H3,9,10). The molecule has 0 amide bonds. The summed E-state index contributed by atoms with van der Waals surface area (Å²) in [6.07, 6.45) is 0. The summed E-state index contributed by atoms with van der Waals surface area (Å²) >= 11 is 0. The monoisotopic (exact) mass is 195 g/mol. The van der Waals surface area contributed by atoms with Crippen LogP contribution < -0.4 is 10.5 Å². The van der Waals surface area contributed by atoms with Crippen LogP contribution in [-0.2, 0) is 0 Å². The lowest BCUT2D eigenvalue weighted by Gasteiger charge is -2.03. The molecule has 0 aliphatic carbocycles. The minimum atomic E-state index is -0.513. The summed E-state index contributed by atoms with van der Waals surface area (Å²) in [5.41, 5.74) is 5.01. The third kappa shape index (κ3) is 2.74. The molecule has 1 rings (SSSR count). The van der Waals surface area contributed by atoms with Crippen molar-refractivity contribution < 1.29 is 9.66 Å². The molecule has 14 heavy (non-hydrogen) atoms. The third-order valence-electron chi connectivity index (χ3n) is 1.42. The number of benzene rings is 1. The minimum absolute atomic E-state index is 0.0500. The van der Waals surface area contributed by atoms with E-state index in [1.54, 1.807) is 6.07 Å². The maximum Gasteiger partial charge on any atom is 0.273 e. The summed E-state index contributed by atoms with van der Waals surface area (Å²) in [6, 6.07) is 5.72. The average Bonchev–Trinajstić information content (AvgIpc) is 2.15. The molecule has 0 bridgehead atoms. The van der Waals surface area contributed by atoms with Gasteiger partial charge in [0.05, 0.1) is 11.0 Å². The number of non-ortho nitro benzene ring substituents is 1. The molecule has 0 saturated carbocycles. The first kappa shape index (κ1) is 9.97. The first-order valence-electron chi connectivity index (χ1n) is 3.80. The van der Waals surface area contributed by atoms with Crippen LogP contribution in [0.15, 0.2) is 24.3 Å². The second kappa shape index (κ2) is 4.22. The number of amidine groups is 1. The fourth-order valence-corrected chi connectivity index (χ4v) is 0.848. The molecule has 6 heteroatoms. The summed E-state index contributed by atoms with van der Waals surface area (Å²) in [4.78, 5) is 9.86. The molecule has 74 valence electrons. The Morgan fingerprint density at radius 1 is 1.64 bits per heavy atom. The van der Waals surface area contributed by atoms with Gasteiger partial charge < -0.3 is 10.5 Å². The van der Waals surface area contributed by atoms with E-state index < -0.39 is 4.92 Å². The minimum Gasteiger partial charge on any atom is -0.485 e. The van der Waals surface area contributed by atoms with Crippen LogP contribution in [0.5, 0.6) is 5.75 Å². The Balaban J connectivity index is 2.73. The zero-order valence-corrected chi connectivity index (χ0v) is 7.27. The summed E-state index contributed by atoms with van der Waals surface area (Å²) in [5, 5.41) is 17.3. The molecular formula is C8H9N3O3. The van der Waals surface area contributed by atoms with Crippen LogP contribution in [0.3, 0.4) is 0 Å². The third-order valence-corrected chi connectivity index (χ3v) is 1.42. The summed E-state index contributed by atoms with van der Waals surface area (Å²) in [7, 11) is 0. The molecule has 0 atom stereocenters. The van der Waals surface area contributed by atoms with Crippen molar-refractivity contribution in [3.63, 3.8) is 0 Å². The molecule has 0 aliphatic heterocycles. The van der Waals surface area contributed by atoms with Gasteiger partial charge in [-0.05, 0) is 6.07 Å². The van der Waals surface area contributed by atoms with Crippen molar-refractivity contribution >= 4 is 11.5 Å². The molecule has 0 radical (unpaired) electrons. The van der Waals surface area contributed by atoms with Crippen LogP contribution in [0.2, 0.25) is 0 Å². The Bertz CT molecular complexity index is 365. The van der Waals surface area contributed by atoms with Crippen LogP contribution in [0.4, 0.5) is 5.69 Å². The molecule has 0 aromatic heterocycles. The van der Waals surface area contributed by atoms with E-state index in [9.17, 15) is 10.1 Å². The molecule has 0 spiro atoms. The summed E-state index contributed by atoms with van der Waals surface area (Å²) in [5.74, 6) is 0.200. The average molecular weight is 195 g/mol. The smallest absolute Gasteiger partial charge is 0.273 e. The summed E-state index contributed by atoms with van der Waals surface area (Å²) in [6.45, 7) is -0.0683. The van der Waals surface area contributed by atoms with E-state index in [1.807, 2.05) is 0 Å². The van der Waals surface area contributed by atoms with Crippen LogP contribution >= 0.6 is 0 Å². The topological polar surface area (TPSA) is 102 Å². The predicted octanol–water partition coefficient (Wildman–Crippen LogP) is 0.910. The number of nitro benzene ring substituents is 1. The highest BCUT2D eigenvalue weighted by Gasteiger charge is 2.05. The normalized spacial score (nSPS) is 9.43. The number of hydrogen-bond donors (Lipinski definition) is 2. The molecule has 1 aromatic carbocycles. The van der Waals surface area contributed by atoms with Gasteiger partial charge in [0.15, 0.2) is 0 Å². The van der Waals surface area contributed by atoms with Gasteiger partial charge in [0.2, 0.25) is 0 Å². The lowest BCUT2D eigenvalue weighted by atomic mass is 10.3. The molecule has 0 heterocycles. The van der Waals surface area contributed by atoms with Gasteiger partial charge in [-0.25, -0.2) is 0 Å². The predicted molar refractivity (Wildman–Crippen MR) is 50.5 cm³/mol. The van der Waals surface area contributed by atoms with Crippen molar-refractivity contribution in [3.05, 3.63) is 34.4 Å². The maximum absolute atomic E-state index is 10.4. The molecular weight excluding hydrogens is 186 g/mol. The molecule has 0 aliphatic rings. The number of nitrogens with two attached hydrogens (primary N) is 1. The van der Waals surface area contributed by atoms with Crippen molar-refractivity contribution in [2.75, 3.05) is 6.61 Å². The second-order valence-corrected chi connectivity index (χ2v) is 2.57. The highest BCUT2D eigenvalue weighted by molar-refractivity contribution is 5.78. The first-order chi connectivity index (χ1) is 6.59. The lowest BCUT2D eigenvalue weighted by molar-refractivity contribution is -0.384. The number of nitrogens with zero attached hydrogens (tertiary/aromatic N) is 1. The lowest BCUT2D eigenvalue weighted by Crippen LogP contribution is -2.19. The Hall–Kier alpha value is -2.11. The Labute approximate surface area is 80.0 Å². The zero-order chi connectivity index (χ0) is 10.6. The van der Waals surface area contributed by atoms with E-state index in [0.29, 0.717) is 5.75 Å². The van der Waals surface area contributed by atoms with Gasteiger partial charge in [0.25, 0.3) is 5.69 Å². The van der Waals surface area contributed by atoms with Crippen LogP contribution in [0.25, 0.3) is 0 Å². The van der Waals surface area contributed by atoms with Gasteiger partial charge in [-0.3, -0.25) is 15.5 Å². The van der Waals surface area contributed by atoms with Crippen molar-refractivity contribution in [1.29, 1.82) is 5.41 Å². The van der Waals surface area contributed by atoms with Gasteiger partial charge in [-0.2, -0.15) is 0 Å². The molecule has 3 N–H and O–H groups in total. The first-order valence-corrected chi connectivity index (χ1v) is 3.80. The fourth-order valence-electron chi connectivity index (χ4n) is 0.848. The number of hydrogen-bond acceptors (Lipinski definition) is 4.